The van der Waals surface area contributed by atoms with Gasteiger partial charge in [-0.2, -0.15) is 0 Å². The number of carboxylic acids is 1. The van der Waals surface area contributed by atoms with Gasteiger partial charge in [-0.15, -0.1) is 0 Å². The topological polar surface area (TPSA) is 101 Å². The number of aryl methyl sites for hydroxylation is 1. The molecular weight excluding hydrogens is 274 g/mol. The zero-order valence-corrected chi connectivity index (χ0v) is 12.9. The molecule has 1 heterocycles. The maximum absolute atomic E-state index is 11.7. The van der Waals surface area contributed by atoms with Crippen LogP contribution >= 0.6 is 0 Å². The Hall–Kier alpha value is -2.31. The molecule has 1 aromatic rings. The molecule has 0 aliphatic rings. The molecule has 0 saturated carbocycles. The molecule has 0 aliphatic heterocycles. The predicted molar refractivity (Wildman–Crippen MR) is 77.3 cm³/mol. The molecule has 7 nitrogen and oxygen atoms in total. The van der Waals surface area contributed by atoms with Gasteiger partial charge in [0.25, 0.3) is 0 Å². The average Bonchev–Trinajstić information content (AvgIpc) is 2.37. The quantitative estimate of drug-likeness (QED) is 0.761. The van der Waals surface area contributed by atoms with Crippen molar-refractivity contribution >= 4 is 12.0 Å². The number of hydrogen-bond acceptors (Lipinski definition) is 4. The maximum atomic E-state index is 11.7. The lowest BCUT2D eigenvalue weighted by atomic mass is 10.1. The van der Waals surface area contributed by atoms with E-state index >= 15 is 0 Å². The molecule has 0 bridgehead atoms. The summed E-state index contributed by atoms with van der Waals surface area (Å²) >= 11 is 0. The summed E-state index contributed by atoms with van der Waals surface area (Å²) in [5.74, 6) is -0.378. The second-order valence-corrected chi connectivity index (χ2v) is 5.28. The highest BCUT2D eigenvalue weighted by molar-refractivity contribution is 5.85. The number of aromatic nitrogens is 1. The van der Waals surface area contributed by atoms with Crippen LogP contribution < -0.4 is 15.4 Å². The molecule has 2 amide bonds. The van der Waals surface area contributed by atoms with Crippen LogP contribution in [0.4, 0.5) is 4.79 Å². The number of carbonyl (C=O) groups excluding carboxylic acids is 1. The minimum absolute atomic E-state index is 0.185. The number of pyridine rings is 1. The molecule has 0 fully saturated rings. The first kappa shape index (κ1) is 16.7. The lowest BCUT2D eigenvalue weighted by Gasteiger charge is -2.21. The van der Waals surface area contributed by atoms with Crippen molar-refractivity contribution in [2.45, 2.75) is 39.8 Å². The van der Waals surface area contributed by atoms with Crippen molar-refractivity contribution in [2.24, 2.45) is 0 Å². The Balaban J connectivity index is 2.72. The Morgan fingerprint density at radius 1 is 1.38 bits per heavy atom. The van der Waals surface area contributed by atoms with Gasteiger partial charge in [0.15, 0.2) is 0 Å². The molecular formula is C14H21N3O4. The molecule has 0 saturated heterocycles. The Labute approximate surface area is 123 Å². The lowest BCUT2D eigenvalue weighted by molar-refractivity contribution is -0.142. The summed E-state index contributed by atoms with van der Waals surface area (Å²) in [6.07, 6.45) is 1.67. The number of amides is 2. The fraction of sp³-hybridized carbons (Fsp3) is 0.500. The number of aliphatic carboxylic acids is 1. The van der Waals surface area contributed by atoms with E-state index in [-0.39, 0.29) is 6.54 Å². The van der Waals surface area contributed by atoms with Gasteiger partial charge in [-0.25, -0.2) is 9.59 Å². The van der Waals surface area contributed by atoms with Gasteiger partial charge in [-0.3, -0.25) is 4.98 Å². The van der Waals surface area contributed by atoms with Crippen LogP contribution in [0.5, 0.6) is 5.75 Å². The van der Waals surface area contributed by atoms with E-state index in [1.807, 2.05) is 13.8 Å². The van der Waals surface area contributed by atoms with Crippen LogP contribution in [0.2, 0.25) is 0 Å². The standard InChI is InChI=1S/C14H21N3O4/c1-8-6-15-10(9(2)11(8)21-5)7-16-13(20)17-14(3,4)12(18)19/h6H,7H2,1-5H3,(H,18,19)(H2,16,17,20). The van der Waals surface area contributed by atoms with Crippen molar-refractivity contribution in [1.29, 1.82) is 0 Å². The van der Waals surface area contributed by atoms with Gasteiger partial charge >= 0.3 is 12.0 Å². The first-order chi connectivity index (χ1) is 9.69. The van der Waals surface area contributed by atoms with Crippen LogP contribution in [0.3, 0.4) is 0 Å². The van der Waals surface area contributed by atoms with Gasteiger partial charge in [-0.05, 0) is 27.7 Å². The van der Waals surface area contributed by atoms with Gasteiger partial charge < -0.3 is 20.5 Å². The average molecular weight is 295 g/mol. The highest BCUT2D eigenvalue weighted by Gasteiger charge is 2.28. The van der Waals surface area contributed by atoms with Gasteiger partial charge in [0.2, 0.25) is 0 Å². The van der Waals surface area contributed by atoms with Crippen molar-refractivity contribution in [3.8, 4) is 5.75 Å². The number of hydrogen-bond donors (Lipinski definition) is 3. The van der Waals surface area contributed by atoms with Crippen molar-refractivity contribution in [3.63, 3.8) is 0 Å². The smallest absolute Gasteiger partial charge is 0.328 e. The van der Waals surface area contributed by atoms with E-state index in [1.54, 1.807) is 13.3 Å². The first-order valence-electron chi connectivity index (χ1n) is 6.47. The number of nitrogens with one attached hydrogen (secondary N) is 2. The molecule has 116 valence electrons. The Morgan fingerprint density at radius 2 is 2.00 bits per heavy atom. The van der Waals surface area contributed by atoms with E-state index in [1.165, 1.54) is 13.8 Å². The Morgan fingerprint density at radius 3 is 2.52 bits per heavy atom. The number of methoxy groups -OCH3 is 1. The fourth-order valence-corrected chi connectivity index (χ4v) is 1.79. The molecule has 0 spiro atoms. The van der Waals surface area contributed by atoms with E-state index in [4.69, 9.17) is 9.84 Å². The summed E-state index contributed by atoms with van der Waals surface area (Å²) in [6.45, 7) is 6.75. The molecule has 7 heteroatoms. The van der Waals surface area contributed by atoms with Crippen LogP contribution in [0.25, 0.3) is 0 Å². The Bertz CT molecular complexity index is 555. The van der Waals surface area contributed by atoms with E-state index in [2.05, 4.69) is 15.6 Å². The number of rotatable bonds is 5. The van der Waals surface area contributed by atoms with E-state index in [9.17, 15) is 9.59 Å². The van der Waals surface area contributed by atoms with Crippen molar-refractivity contribution in [3.05, 3.63) is 23.0 Å². The van der Waals surface area contributed by atoms with Crippen LogP contribution in [0.15, 0.2) is 6.20 Å². The molecule has 0 aromatic carbocycles. The molecule has 0 aliphatic carbocycles. The molecule has 0 atom stereocenters. The lowest BCUT2D eigenvalue weighted by Crippen LogP contribution is -2.53. The Kier molecular flexibility index (Phi) is 5.12. The van der Waals surface area contributed by atoms with Gasteiger partial charge in [0.1, 0.15) is 11.3 Å². The largest absolute Gasteiger partial charge is 0.496 e. The predicted octanol–water partition coefficient (Wildman–Crippen LogP) is 1.37. The van der Waals surface area contributed by atoms with Crippen molar-refractivity contribution in [2.75, 3.05) is 7.11 Å². The third-order valence-electron chi connectivity index (χ3n) is 3.13. The maximum Gasteiger partial charge on any atom is 0.328 e. The first-order valence-corrected chi connectivity index (χ1v) is 6.47. The molecule has 1 rings (SSSR count). The minimum Gasteiger partial charge on any atom is -0.496 e. The SMILES string of the molecule is COc1c(C)cnc(CNC(=O)NC(C)(C)C(=O)O)c1C. The minimum atomic E-state index is -1.34. The second-order valence-electron chi connectivity index (χ2n) is 5.28. The zero-order chi connectivity index (χ0) is 16.2. The van der Waals surface area contributed by atoms with Gasteiger partial charge in [0, 0.05) is 17.3 Å². The summed E-state index contributed by atoms with van der Waals surface area (Å²) in [5, 5.41) is 13.9. The zero-order valence-electron chi connectivity index (χ0n) is 12.9. The van der Waals surface area contributed by atoms with Crippen molar-refractivity contribution in [1.82, 2.24) is 15.6 Å². The molecule has 3 N–H and O–H groups in total. The molecule has 0 radical (unpaired) electrons. The third kappa shape index (κ3) is 4.08. The number of urea groups is 1. The highest BCUT2D eigenvalue weighted by atomic mass is 16.5. The van der Waals surface area contributed by atoms with E-state index in [0.29, 0.717) is 5.69 Å². The van der Waals surface area contributed by atoms with Gasteiger partial charge in [0.05, 0.1) is 19.3 Å². The fourth-order valence-electron chi connectivity index (χ4n) is 1.79. The summed E-state index contributed by atoms with van der Waals surface area (Å²) in [7, 11) is 1.58. The molecule has 21 heavy (non-hydrogen) atoms. The number of carboxylic acid groups (broad SMARTS) is 1. The summed E-state index contributed by atoms with van der Waals surface area (Å²) in [5.41, 5.74) is 1.09. The van der Waals surface area contributed by atoms with Crippen LogP contribution in [0.1, 0.15) is 30.7 Å². The van der Waals surface area contributed by atoms with Gasteiger partial charge in [-0.1, -0.05) is 0 Å². The number of nitrogens with zero attached hydrogens (tertiary/aromatic N) is 1. The highest BCUT2D eigenvalue weighted by Crippen LogP contribution is 2.23. The summed E-state index contributed by atoms with van der Waals surface area (Å²) < 4.78 is 5.29. The van der Waals surface area contributed by atoms with Crippen LogP contribution in [-0.2, 0) is 11.3 Å². The van der Waals surface area contributed by atoms with E-state index in [0.717, 1.165) is 16.9 Å². The number of carbonyl (C=O) groups is 2. The van der Waals surface area contributed by atoms with Crippen LogP contribution in [-0.4, -0.2) is 34.7 Å². The normalized spacial score (nSPS) is 10.9. The summed E-state index contributed by atoms with van der Waals surface area (Å²) in [4.78, 5) is 26.9. The molecule has 0 unspecified atom stereocenters. The monoisotopic (exact) mass is 295 g/mol. The van der Waals surface area contributed by atoms with Crippen LogP contribution in [0, 0.1) is 13.8 Å². The summed E-state index contributed by atoms with van der Waals surface area (Å²) in [6, 6.07) is -0.567. The number of ether oxygens (including phenoxy) is 1. The third-order valence-corrected chi connectivity index (χ3v) is 3.13. The van der Waals surface area contributed by atoms with E-state index < -0.39 is 17.5 Å². The second kappa shape index (κ2) is 6.43. The van der Waals surface area contributed by atoms with Crippen molar-refractivity contribution < 1.29 is 19.4 Å². The molecule has 1 aromatic heterocycles.